The molecule has 0 radical (unpaired) electrons. The molecule has 10 heteroatoms. The normalized spacial score (nSPS) is 14.8. The number of anilines is 1. The minimum atomic E-state index is -0.231. The summed E-state index contributed by atoms with van der Waals surface area (Å²) in [6.07, 6.45) is 3.12. The van der Waals surface area contributed by atoms with Crippen LogP contribution in [-0.4, -0.2) is 72.9 Å². The van der Waals surface area contributed by atoms with Crippen LogP contribution in [-0.2, 0) is 4.79 Å². The Labute approximate surface area is 218 Å². The van der Waals surface area contributed by atoms with Gasteiger partial charge in [0.15, 0.2) is 5.82 Å². The Hall–Kier alpha value is -3.01. The average Bonchev–Trinajstić information content (AvgIpc) is 2.90. The summed E-state index contributed by atoms with van der Waals surface area (Å²) in [6, 6.07) is 13.6. The topological polar surface area (TPSA) is 95.1 Å². The minimum absolute atomic E-state index is 0.0373. The van der Waals surface area contributed by atoms with Crippen molar-refractivity contribution < 1.29 is 4.79 Å². The summed E-state index contributed by atoms with van der Waals surface area (Å²) >= 11 is 6.55. The van der Waals surface area contributed by atoms with E-state index in [1.807, 2.05) is 57.2 Å². The van der Waals surface area contributed by atoms with Crippen molar-refractivity contribution in [1.29, 1.82) is 0 Å². The second-order valence-corrected chi connectivity index (χ2v) is 9.50. The van der Waals surface area contributed by atoms with Gasteiger partial charge < -0.3 is 20.9 Å². The zero-order chi connectivity index (χ0) is 25.3. The number of benzene rings is 1. The SMILES string of the molecule is Bc1ccc(-c2nc(C)c(Cl)c(NC[C@H](NC(=O)CCCN3CCNCC3)c3ccccc3)n2)nc1. The number of nitrogens with one attached hydrogen (secondary N) is 3. The molecule has 3 aromatic rings. The summed E-state index contributed by atoms with van der Waals surface area (Å²) in [4.78, 5) is 28.8. The Morgan fingerprint density at radius 2 is 1.94 bits per heavy atom. The van der Waals surface area contributed by atoms with Crippen molar-refractivity contribution >= 4 is 36.6 Å². The molecule has 0 bridgehead atoms. The zero-order valence-corrected chi connectivity index (χ0v) is 21.7. The Kier molecular flexibility index (Phi) is 9.27. The molecular weight excluding hydrogens is 473 g/mol. The highest BCUT2D eigenvalue weighted by molar-refractivity contribution is 6.33. The molecule has 1 aliphatic rings. The summed E-state index contributed by atoms with van der Waals surface area (Å²) < 4.78 is 0. The van der Waals surface area contributed by atoms with Crippen molar-refractivity contribution in [2.24, 2.45) is 0 Å². The molecule has 1 aromatic carbocycles. The zero-order valence-electron chi connectivity index (χ0n) is 20.9. The fourth-order valence-corrected chi connectivity index (χ4v) is 4.34. The first kappa shape index (κ1) is 26.1. The number of halogens is 1. The lowest BCUT2D eigenvalue weighted by Crippen LogP contribution is -2.44. The molecule has 3 heterocycles. The molecule has 2 aromatic heterocycles. The number of piperazine rings is 1. The molecule has 3 N–H and O–H groups in total. The van der Waals surface area contributed by atoms with Gasteiger partial charge in [-0.15, -0.1) is 0 Å². The molecule has 0 saturated carbocycles. The summed E-state index contributed by atoms with van der Waals surface area (Å²) in [7, 11) is 1.99. The molecule has 188 valence electrons. The van der Waals surface area contributed by atoms with Gasteiger partial charge in [0, 0.05) is 45.3 Å². The third-order valence-corrected chi connectivity index (χ3v) is 6.71. The van der Waals surface area contributed by atoms with Crippen molar-refractivity contribution in [2.45, 2.75) is 25.8 Å². The van der Waals surface area contributed by atoms with Crippen LogP contribution in [0.2, 0.25) is 5.02 Å². The second kappa shape index (κ2) is 12.8. The number of rotatable bonds is 10. The third kappa shape index (κ3) is 7.26. The lowest BCUT2D eigenvalue weighted by molar-refractivity contribution is -0.121. The Morgan fingerprint density at radius 1 is 1.17 bits per heavy atom. The van der Waals surface area contributed by atoms with E-state index in [0.29, 0.717) is 41.0 Å². The standard InChI is InChI=1S/C26H33BClN7O/c1-18-24(28)26(34-25(32-18)21-10-9-20(27)16-30-21)31-17-22(19-6-3-2-4-7-19)33-23(36)8-5-13-35-14-11-29-12-15-35/h2-4,6-7,9-10,16,22,29H,5,8,11-15,17,27H2,1H3,(H,33,36)(H,31,32,34)/t22-/m0/s1. The second-order valence-electron chi connectivity index (χ2n) is 9.12. The molecule has 4 rings (SSSR count). The number of carbonyl (C=O) groups excluding carboxylic acids is 1. The van der Waals surface area contributed by atoms with Gasteiger partial charge >= 0.3 is 0 Å². The van der Waals surface area contributed by atoms with Gasteiger partial charge in [0.1, 0.15) is 24.4 Å². The van der Waals surface area contributed by atoms with E-state index >= 15 is 0 Å². The van der Waals surface area contributed by atoms with Gasteiger partial charge in [-0.25, -0.2) is 9.97 Å². The van der Waals surface area contributed by atoms with E-state index in [1.54, 1.807) is 6.20 Å². The van der Waals surface area contributed by atoms with Gasteiger partial charge in [0.05, 0.1) is 11.7 Å². The van der Waals surface area contributed by atoms with Gasteiger partial charge in [-0.3, -0.25) is 9.78 Å². The quantitative estimate of drug-likeness (QED) is 0.361. The molecule has 0 unspecified atom stereocenters. The molecule has 0 aliphatic carbocycles. The van der Waals surface area contributed by atoms with Crippen LogP contribution in [0.5, 0.6) is 0 Å². The molecule has 1 saturated heterocycles. The monoisotopic (exact) mass is 505 g/mol. The van der Waals surface area contributed by atoms with Crippen LogP contribution < -0.4 is 21.4 Å². The maximum absolute atomic E-state index is 12.8. The van der Waals surface area contributed by atoms with E-state index in [0.717, 1.165) is 50.2 Å². The maximum Gasteiger partial charge on any atom is 0.220 e. The lowest BCUT2D eigenvalue weighted by atomic mass is 9.99. The first-order valence-electron chi connectivity index (χ1n) is 12.5. The van der Waals surface area contributed by atoms with Gasteiger partial charge in [0.2, 0.25) is 5.91 Å². The predicted molar refractivity (Wildman–Crippen MR) is 148 cm³/mol. The van der Waals surface area contributed by atoms with Gasteiger partial charge in [-0.05, 0) is 31.5 Å². The first-order chi connectivity index (χ1) is 17.5. The Balaban J connectivity index is 1.42. The largest absolute Gasteiger partial charge is 0.366 e. The molecule has 1 amide bonds. The number of nitrogens with zero attached hydrogens (tertiary/aromatic N) is 4. The predicted octanol–water partition coefficient (Wildman–Crippen LogP) is 1.71. The van der Waals surface area contributed by atoms with Crippen LogP contribution in [0.25, 0.3) is 11.5 Å². The van der Waals surface area contributed by atoms with Crippen LogP contribution in [0.3, 0.4) is 0 Å². The van der Waals surface area contributed by atoms with Crippen LogP contribution in [0.1, 0.15) is 30.1 Å². The highest BCUT2D eigenvalue weighted by atomic mass is 35.5. The molecule has 36 heavy (non-hydrogen) atoms. The summed E-state index contributed by atoms with van der Waals surface area (Å²) in [5, 5.41) is 10.4. The van der Waals surface area contributed by atoms with E-state index in [9.17, 15) is 4.79 Å². The van der Waals surface area contributed by atoms with Gasteiger partial charge in [0.25, 0.3) is 0 Å². The van der Waals surface area contributed by atoms with Crippen LogP contribution >= 0.6 is 11.6 Å². The van der Waals surface area contributed by atoms with Crippen molar-refractivity contribution in [2.75, 3.05) is 44.6 Å². The highest BCUT2D eigenvalue weighted by Crippen LogP contribution is 2.26. The number of hydrogen-bond acceptors (Lipinski definition) is 7. The molecular formula is C26H33BClN7O. The molecule has 1 aliphatic heterocycles. The molecule has 1 fully saturated rings. The smallest absolute Gasteiger partial charge is 0.220 e. The first-order valence-corrected chi connectivity index (χ1v) is 12.9. The van der Waals surface area contributed by atoms with E-state index < -0.39 is 0 Å². The summed E-state index contributed by atoms with van der Waals surface area (Å²) in [5.74, 6) is 1.07. The number of amides is 1. The fourth-order valence-electron chi connectivity index (χ4n) is 4.19. The maximum atomic E-state index is 12.8. The van der Waals surface area contributed by atoms with Crippen LogP contribution in [0, 0.1) is 6.92 Å². The third-order valence-electron chi connectivity index (χ3n) is 6.26. The average molecular weight is 506 g/mol. The van der Waals surface area contributed by atoms with Crippen LogP contribution in [0.15, 0.2) is 48.7 Å². The van der Waals surface area contributed by atoms with E-state index in [1.165, 1.54) is 0 Å². The van der Waals surface area contributed by atoms with Gasteiger partial charge in [-0.1, -0.05) is 53.5 Å². The van der Waals surface area contributed by atoms with Crippen molar-refractivity contribution in [1.82, 2.24) is 30.5 Å². The van der Waals surface area contributed by atoms with E-state index in [4.69, 9.17) is 11.6 Å². The summed E-state index contributed by atoms with van der Waals surface area (Å²) in [6.45, 7) is 7.33. The fraction of sp³-hybridized carbons (Fsp3) is 0.385. The number of aryl methyl sites for hydroxylation is 1. The molecule has 8 nitrogen and oxygen atoms in total. The number of pyridine rings is 1. The van der Waals surface area contributed by atoms with Crippen molar-refractivity contribution in [3.63, 3.8) is 0 Å². The number of hydrogen-bond donors (Lipinski definition) is 3. The molecule has 1 atom stereocenters. The number of carbonyl (C=O) groups is 1. The molecule has 0 spiro atoms. The van der Waals surface area contributed by atoms with Crippen molar-refractivity contribution in [3.8, 4) is 11.5 Å². The Bertz CT molecular complexity index is 1140. The van der Waals surface area contributed by atoms with Gasteiger partial charge in [-0.2, -0.15) is 0 Å². The van der Waals surface area contributed by atoms with Crippen LogP contribution in [0.4, 0.5) is 5.82 Å². The lowest BCUT2D eigenvalue weighted by Gasteiger charge is -2.27. The highest BCUT2D eigenvalue weighted by Gasteiger charge is 2.18. The number of aromatic nitrogens is 3. The van der Waals surface area contributed by atoms with E-state index in [-0.39, 0.29) is 11.9 Å². The minimum Gasteiger partial charge on any atom is -0.366 e. The Morgan fingerprint density at radius 3 is 2.67 bits per heavy atom. The van der Waals surface area contributed by atoms with E-state index in [2.05, 4.69) is 35.8 Å². The summed E-state index contributed by atoms with van der Waals surface area (Å²) in [5.41, 5.74) is 3.43. The van der Waals surface area contributed by atoms with Crippen molar-refractivity contribution in [3.05, 3.63) is 64.9 Å².